The number of aromatic nitrogens is 2. The summed E-state index contributed by atoms with van der Waals surface area (Å²) < 4.78 is 5.23. The minimum atomic E-state index is 0. The Kier molecular flexibility index (Phi) is 7.90. The second kappa shape index (κ2) is 9.17. The van der Waals surface area contributed by atoms with Crippen LogP contribution in [0.4, 0.5) is 0 Å². The summed E-state index contributed by atoms with van der Waals surface area (Å²) in [6.45, 7) is 6.50. The van der Waals surface area contributed by atoms with Crippen molar-refractivity contribution in [1.29, 1.82) is 0 Å². The molecule has 1 aromatic heterocycles. The van der Waals surface area contributed by atoms with Gasteiger partial charge in [-0.25, -0.2) is 4.99 Å². The molecule has 0 amide bonds. The van der Waals surface area contributed by atoms with Crippen LogP contribution in [0.5, 0.6) is 0 Å². The molecule has 0 aromatic carbocycles. The molecule has 1 saturated heterocycles. The highest BCUT2D eigenvalue weighted by Crippen LogP contribution is 2.16. The van der Waals surface area contributed by atoms with E-state index in [9.17, 15) is 0 Å². The highest BCUT2D eigenvalue weighted by molar-refractivity contribution is 14.0. The second-order valence-electron chi connectivity index (χ2n) is 4.81. The minimum absolute atomic E-state index is 0. The van der Waals surface area contributed by atoms with Crippen LogP contribution in [0.1, 0.15) is 19.0 Å². The monoisotopic (exact) mass is 393 g/mol. The van der Waals surface area contributed by atoms with Gasteiger partial charge in [0, 0.05) is 38.9 Å². The van der Waals surface area contributed by atoms with E-state index in [2.05, 4.69) is 32.3 Å². The summed E-state index contributed by atoms with van der Waals surface area (Å²) >= 11 is 0. The summed E-state index contributed by atoms with van der Waals surface area (Å²) in [5, 5.41) is 10.2. The Hall–Kier alpha value is -0.830. The molecule has 1 aromatic rings. The van der Waals surface area contributed by atoms with Gasteiger partial charge in [0.2, 0.25) is 0 Å². The fourth-order valence-corrected chi connectivity index (χ4v) is 2.36. The number of nitrogens with one attached hydrogen (secondary N) is 2. The zero-order chi connectivity index (χ0) is 13.5. The van der Waals surface area contributed by atoms with Crippen molar-refractivity contribution in [2.45, 2.75) is 19.9 Å². The highest BCUT2D eigenvalue weighted by Gasteiger charge is 2.24. The van der Waals surface area contributed by atoms with Crippen molar-refractivity contribution in [3.05, 3.63) is 18.0 Å². The van der Waals surface area contributed by atoms with Crippen LogP contribution in [-0.4, -0.2) is 54.4 Å². The third kappa shape index (κ3) is 4.93. The van der Waals surface area contributed by atoms with Crippen molar-refractivity contribution < 1.29 is 4.74 Å². The maximum absolute atomic E-state index is 5.23. The van der Waals surface area contributed by atoms with E-state index >= 15 is 0 Å². The summed E-state index contributed by atoms with van der Waals surface area (Å²) in [6, 6.07) is 1.95. The van der Waals surface area contributed by atoms with Crippen molar-refractivity contribution in [1.82, 2.24) is 20.4 Å². The number of likely N-dealkylation sites (tertiary alicyclic amines) is 1. The summed E-state index contributed by atoms with van der Waals surface area (Å²) in [5.74, 6) is 1.59. The number of H-pyrrole nitrogens is 1. The van der Waals surface area contributed by atoms with Crippen LogP contribution in [0.25, 0.3) is 0 Å². The van der Waals surface area contributed by atoms with Gasteiger partial charge < -0.3 is 15.0 Å². The van der Waals surface area contributed by atoms with Gasteiger partial charge in [0.15, 0.2) is 5.96 Å². The van der Waals surface area contributed by atoms with Gasteiger partial charge in [-0.05, 0) is 19.4 Å². The van der Waals surface area contributed by atoms with Gasteiger partial charge in [0.05, 0.1) is 18.8 Å². The minimum Gasteiger partial charge on any atom is -0.384 e. The lowest BCUT2D eigenvalue weighted by Crippen LogP contribution is -2.40. The molecular weight excluding hydrogens is 369 g/mol. The number of ether oxygens (including phenoxy) is 1. The number of halogens is 1. The van der Waals surface area contributed by atoms with Crippen LogP contribution >= 0.6 is 24.0 Å². The number of rotatable bonds is 5. The van der Waals surface area contributed by atoms with E-state index in [0.717, 1.165) is 37.9 Å². The summed E-state index contributed by atoms with van der Waals surface area (Å²) in [4.78, 5) is 6.96. The first kappa shape index (κ1) is 17.2. The first-order valence-corrected chi connectivity index (χ1v) is 6.84. The Morgan fingerprint density at radius 2 is 2.50 bits per heavy atom. The molecule has 1 unspecified atom stereocenters. The molecule has 1 aliphatic heterocycles. The fourth-order valence-electron chi connectivity index (χ4n) is 2.36. The van der Waals surface area contributed by atoms with Crippen molar-refractivity contribution >= 4 is 29.9 Å². The molecular formula is C13H24IN5O. The van der Waals surface area contributed by atoms with Crippen LogP contribution in [-0.2, 0) is 11.3 Å². The second-order valence-corrected chi connectivity index (χ2v) is 4.81. The Morgan fingerprint density at radius 1 is 1.65 bits per heavy atom. The van der Waals surface area contributed by atoms with E-state index in [1.54, 1.807) is 13.3 Å². The molecule has 0 bridgehead atoms. The number of methoxy groups -OCH3 is 1. The third-order valence-corrected chi connectivity index (χ3v) is 3.28. The summed E-state index contributed by atoms with van der Waals surface area (Å²) in [5.41, 5.74) is 1.03. The zero-order valence-electron chi connectivity index (χ0n) is 12.1. The van der Waals surface area contributed by atoms with Crippen LogP contribution in [0, 0.1) is 5.92 Å². The Labute approximate surface area is 137 Å². The molecule has 6 nitrogen and oxygen atoms in total. The normalized spacial score (nSPS) is 19.0. The fraction of sp³-hybridized carbons (Fsp3) is 0.692. The van der Waals surface area contributed by atoms with E-state index in [-0.39, 0.29) is 24.0 Å². The molecule has 0 aliphatic carbocycles. The Balaban J connectivity index is 0.00000200. The molecule has 20 heavy (non-hydrogen) atoms. The van der Waals surface area contributed by atoms with Crippen molar-refractivity contribution in [3.63, 3.8) is 0 Å². The van der Waals surface area contributed by atoms with Crippen LogP contribution in [0.2, 0.25) is 0 Å². The molecule has 2 rings (SSSR count). The van der Waals surface area contributed by atoms with Crippen molar-refractivity contribution in [2.24, 2.45) is 10.9 Å². The molecule has 1 aliphatic rings. The Bertz CT molecular complexity index is 395. The molecule has 1 atom stereocenters. The van der Waals surface area contributed by atoms with Gasteiger partial charge in [-0.2, -0.15) is 5.10 Å². The van der Waals surface area contributed by atoms with E-state index in [0.29, 0.717) is 12.5 Å². The molecule has 2 heterocycles. The quantitative estimate of drug-likeness (QED) is 0.452. The smallest absolute Gasteiger partial charge is 0.194 e. The van der Waals surface area contributed by atoms with Gasteiger partial charge in [-0.1, -0.05) is 0 Å². The van der Waals surface area contributed by atoms with Gasteiger partial charge in [-0.3, -0.25) is 5.10 Å². The number of guanidine groups is 1. The predicted molar refractivity (Wildman–Crippen MR) is 90.4 cm³/mol. The molecule has 114 valence electrons. The van der Waals surface area contributed by atoms with Crippen LogP contribution in [0.3, 0.4) is 0 Å². The summed E-state index contributed by atoms with van der Waals surface area (Å²) in [6.07, 6.45) is 2.92. The number of aromatic amines is 1. The zero-order valence-corrected chi connectivity index (χ0v) is 14.5. The lowest BCUT2D eigenvalue weighted by atomic mass is 10.1. The lowest BCUT2D eigenvalue weighted by Gasteiger charge is -2.21. The first-order valence-electron chi connectivity index (χ1n) is 6.84. The largest absolute Gasteiger partial charge is 0.384 e. The van der Waals surface area contributed by atoms with Gasteiger partial charge >= 0.3 is 0 Å². The van der Waals surface area contributed by atoms with Gasteiger partial charge in [-0.15, -0.1) is 24.0 Å². The first-order chi connectivity index (χ1) is 9.33. The topological polar surface area (TPSA) is 65.5 Å². The number of hydrogen-bond donors (Lipinski definition) is 2. The maximum Gasteiger partial charge on any atom is 0.194 e. The SMILES string of the molecule is CCNC(=NCc1ccn[nH]1)N1CCC(COC)C1.I. The average molecular weight is 393 g/mol. The molecule has 0 saturated carbocycles. The summed E-state index contributed by atoms with van der Waals surface area (Å²) in [7, 11) is 1.76. The maximum atomic E-state index is 5.23. The lowest BCUT2D eigenvalue weighted by molar-refractivity contribution is 0.157. The third-order valence-electron chi connectivity index (χ3n) is 3.28. The van der Waals surface area contributed by atoms with Crippen molar-refractivity contribution in [2.75, 3.05) is 33.4 Å². The predicted octanol–water partition coefficient (Wildman–Crippen LogP) is 1.46. The van der Waals surface area contributed by atoms with Crippen LogP contribution < -0.4 is 5.32 Å². The molecule has 1 fully saturated rings. The number of nitrogens with zero attached hydrogens (tertiary/aromatic N) is 3. The highest BCUT2D eigenvalue weighted by atomic mass is 127. The van der Waals surface area contributed by atoms with Gasteiger partial charge in [0.25, 0.3) is 0 Å². The van der Waals surface area contributed by atoms with E-state index < -0.39 is 0 Å². The number of hydrogen-bond acceptors (Lipinski definition) is 3. The average Bonchev–Trinajstić information content (AvgIpc) is 3.06. The van der Waals surface area contributed by atoms with Crippen LogP contribution in [0.15, 0.2) is 17.3 Å². The molecule has 0 radical (unpaired) electrons. The molecule has 2 N–H and O–H groups in total. The van der Waals surface area contributed by atoms with E-state index in [1.807, 2.05) is 6.07 Å². The molecule has 0 spiro atoms. The van der Waals surface area contributed by atoms with Crippen molar-refractivity contribution in [3.8, 4) is 0 Å². The van der Waals surface area contributed by atoms with E-state index in [4.69, 9.17) is 4.74 Å². The standard InChI is InChI=1S/C13H23N5O.HI/c1-3-14-13(15-8-12-4-6-16-17-12)18-7-5-11(9-18)10-19-2;/h4,6,11H,3,5,7-10H2,1-2H3,(H,14,15)(H,16,17);1H. The Morgan fingerprint density at radius 3 is 3.15 bits per heavy atom. The van der Waals surface area contributed by atoms with E-state index in [1.165, 1.54) is 6.42 Å². The molecule has 7 heteroatoms. The number of aliphatic imine (C=N–C) groups is 1. The van der Waals surface area contributed by atoms with Gasteiger partial charge in [0.1, 0.15) is 0 Å².